The number of likely N-dealkylation sites (tertiary alicyclic amines) is 1. The lowest BCUT2D eigenvalue weighted by atomic mass is 10.2. The molecule has 0 saturated carbocycles. The molecule has 1 amide bonds. The van der Waals surface area contributed by atoms with Crippen LogP contribution in [0.5, 0.6) is 6.01 Å². The van der Waals surface area contributed by atoms with E-state index in [1.165, 1.54) is 11.3 Å². The van der Waals surface area contributed by atoms with Gasteiger partial charge in [-0.05, 0) is 0 Å². The van der Waals surface area contributed by atoms with Gasteiger partial charge >= 0.3 is 6.01 Å². The number of thiazole rings is 1. The highest BCUT2D eigenvalue weighted by Crippen LogP contribution is 2.25. The number of hydrogen-bond donors (Lipinski definition) is 0. The van der Waals surface area contributed by atoms with Crippen LogP contribution in [0, 0.1) is 5.82 Å². The van der Waals surface area contributed by atoms with Crippen molar-refractivity contribution in [3.63, 3.8) is 0 Å². The molecule has 4 rings (SSSR count). The van der Waals surface area contributed by atoms with Crippen molar-refractivity contribution >= 4 is 17.2 Å². The van der Waals surface area contributed by atoms with Gasteiger partial charge < -0.3 is 9.64 Å². The van der Waals surface area contributed by atoms with E-state index in [9.17, 15) is 9.18 Å². The lowest BCUT2D eigenvalue weighted by Gasteiger charge is -2.15. The molecule has 6 nitrogen and oxygen atoms in total. The predicted molar refractivity (Wildman–Crippen MR) is 94.5 cm³/mol. The van der Waals surface area contributed by atoms with E-state index >= 15 is 0 Å². The van der Waals surface area contributed by atoms with Crippen molar-refractivity contribution in [2.45, 2.75) is 12.5 Å². The van der Waals surface area contributed by atoms with Crippen LogP contribution in [-0.4, -0.2) is 45.0 Å². The first-order valence-electron chi connectivity index (χ1n) is 8.13. The highest BCUT2D eigenvalue weighted by atomic mass is 32.1. The van der Waals surface area contributed by atoms with Crippen LogP contribution in [-0.2, 0) is 0 Å². The molecule has 2 aromatic heterocycles. The highest BCUT2D eigenvalue weighted by molar-refractivity contribution is 7.13. The third kappa shape index (κ3) is 3.55. The second-order valence-corrected chi connectivity index (χ2v) is 6.73. The van der Waals surface area contributed by atoms with Crippen molar-refractivity contribution in [2.24, 2.45) is 0 Å². The molecule has 0 spiro atoms. The normalized spacial score (nSPS) is 16.7. The van der Waals surface area contributed by atoms with Gasteiger partial charge in [-0.2, -0.15) is 0 Å². The maximum Gasteiger partial charge on any atom is 0.316 e. The number of halogens is 1. The lowest BCUT2D eigenvalue weighted by molar-refractivity contribution is 0.0765. The number of carbonyl (C=O) groups is 1. The van der Waals surface area contributed by atoms with Crippen molar-refractivity contribution in [3.05, 3.63) is 59.6 Å². The summed E-state index contributed by atoms with van der Waals surface area (Å²) in [6.07, 6.45) is 2.57. The van der Waals surface area contributed by atoms with Gasteiger partial charge in [-0.3, -0.25) is 4.79 Å². The molecule has 8 heteroatoms. The van der Waals surface area contributed by atoms with E-state index in [0.29, 0.717) is 25.2 Å². The largest absolute Gasteiger partial charge is 0.458 e. The molecule has 1 aliphatic rings. The smallest absolute Gasteiger partial charge is 0.316 e. The van der Waals surface area contributed by atoms with Gasteiger partial charge in [-0.15, -0.1) is 11.3 Å². The number of carbonyl (C=O) groups excluding carboxylic acids is 1. The Hall–Kier alpha value is -2.87. The fourth-order valence-corrected chi connectivity index (χ4v) is 3.57. The minimum atomic E-state index is -0.515. The summed E-state index contributed by atoms with van der Waals surface area (Å²) in [5.74, 6) is -0.632. The van der Waals surface area contributed by atoms with Crippen molar-refractivity contribution in [1.29, 1.82) is 0 Å². The summed E-state index contributed by atoms with van der Waals surface area (Å²) >= 11 is 1.45. The molecule has 1 saturated heterocycles. The van der Waals surface area contributed by atoms with Gasteiger partial charge in [0.2, 0.25) is 0 Å². The van der Waals surface area contributed by atoms with Crippen LogP contribution in [0.15, 0.2) is 48.1 Å². The van der Waals surface area contributed by atoms with E-state index in [1.807, 2.05) is 30.3 Å². The summed E-state index contributed by atoms with van der Waals surface area (Å²) in [7, 11) is 0. The van der Waals surface area contributed by atoms with Crippen LogP contribution in [0.2, 0.25) is 0 Å². The predicted octanol–water partition coefficient (Wildman–Crippen LogP) is 3.03. The van der Waals surface area contributed by atoms with Crippen LogP contribution in [0.3, 0.4) is 0 Å². The maximum absolute atomic E-state index is 12.8. The van der Waals surface area contributed by atoms with Crippen molar-refractivity contribution in [2.75, 3.05) is 13.1 Å². The van der Waals surface area contributed by atoms with Gasteiger partial charge in [0.25, 0.3) is 5.91 Å². The zero-order chi connectivity index (χ0) is 17.9. The average Bonchev–Trinajstić information content (AvgIpc) is 3.34. The van der Waals surface area contributed by atoms with Crippen LogP contribution < -0.4 is 4.74 Å². The van der Waals surface area contributed by atoms with E-state index in [-0.39, 0.29) is 18.0 Å². The summed E-state index contributed by atoms with van der Waals surface area (Å²) in [4.78, 5) is 26.4. The van der Waals surface area contributed by atoms with Gasteiger partial charge in [0.05, 0.1) is 18.9 Å². The number of nitrogens with zero attached hydrogens (tertiary/aromatic N) is 4. The van der Waals surface area contributed by atoms with Crippen LogP contribution in [0.25, 0.3) is 10.6 Å². The first-order valence-corrected chi connectivity index (χ1v) is 9.01. The number of hydrogen-bond acceptors (Lipinski definition) is 6. The summed E-state index contributed by atoms with van der Waals surface area (Å²) in [6.45, 7) is 1.00. The Morgan fingerprint density at radius 3 is 2.77 bits per heavy atom. The molecule has 26 heavy (non-hydrogen) atoms. The second-order valence-electron chi connectivity index (χ2n) is 5.87. The minimum Gasteiger partial charge on any atom is -0.458 e. The fourth-order valence-electron chi connectivity index (χ4n) is 2.77. The van der Waals surface area contributed by atoms with Crippen molar-refractivity contribution in [1.82, 2.24) is 19.9 Å². The van der Waals surface area contributed by atoms with E-state index in [0.717, 1.165) is 23.0 Å². The maximum atomic E-state index is 12.8. The first-order chi connectivity index (χ1) is 12.7. The molecule has 132 valence electrons. The van der Waals surface area contributed by atoms with E-state index in [2.05, 4.69) is 15.0 Å². The van der Waals surface area contributed by atoms with E-state index in [1.54, 1.807) is 10.3 Å². The van der Waals surface area contributed by atoms with Gasteiger partial charge in [0.1, 0.15) is 16.8 Å². The number of aromatic nitrogens is 3. The number of ether oxygens (including phenoxy) is 1. The monoisotopic (exact) mass is 370 g/mol. The average molecular weight is 370 g/mol. The lowest BCUT2D eigenvalue weighted by Crippen LogP contribution is -2.31. The van der Waals surface area contributed by atoms with Crippen LogP contribution in [0.4, 0.5) is 4.39 Å². The van der Waals surface area contributed by atoms with Gasteiger partial charge in [0.15, 0.2) is 5.82 Å². The van der Waals surface area contributed by atoms with Gasteiger partial charge in [-0.1, -0.05) is 30.3 Å². The van der Waals surface area contributed by atoms with E-state index < -0.39 is 5.82 Å². The Labute approximate surface area is 153 Å². The molecular weight excluding hydrogens is 355 g/mol. The Morgan fingerprint density at radius 2 is 2.00 bits per heavy atom. The molecule has 1 aromatic carbocycles. The number of amides is 1. The van der Waals surface area contributed by atoms with Gasteiger partial charge in [0, 0.05) is 23.9 Å². The topological polar surface area (TPSA) is 68.2 Å². The second kappa shape index (κ2) is 7.17. The number of rotatable bonds is 4. The highest BCUT2D eigenvalue weighted by Gasteiger charge is 2.30. The Morgan fingerprint density at radius 1 is 1.23 bits per heavy atom. The Balaban J connectivity index is 1.40. The standard InChI is InChI=1S/C18H15FN4O2S/c19-13-8-20-18(21-9-13)25-14-6-7-23(10-14)17(24)15-11-26-16(22-15)12-4-2-1-3-5-12/h1-5,8-9,11,14H,6-7,10H2. The van der Waals surface area contributed by atoms with Crippen molar-refractivity contribution < 1.29 is 13.9 Å². The summed E-state index contributed by atoms with van der Waals surface area (Å²) in [6, 6.07) is 9.88. The Bertz CT molecular complexity index is 901. The van der Waals surface area contributed by atoms with Crippen LogP contribution in [0.1, 0.15) is 16.9 Å². The molecular formula is C18H15FN4O2S. The molecule has 1 aliphatic heterocycles. The molecule has 1 fully saturated rings. The molecule has 0 N–H and O–H groups in total. The zero-order valence-corrected chi connectivity index (χ0v) is 14.5. The number of benzene rings is 1. The minimum absolute atomic E-state index is 0.116. The summed E-state index contributed by atoms with van der Waals surface area (Å²) in [5, 5.41) is 2.60. The first kappa shape index (κ1) is 16.6. The molecule has 1 atom stereocenters. The summed E-state index contributed by atoms with van der Waals surface area (Å²) in [5.41, 5.74) is 1.43. The summed E-state index contributed by atoms with van der Waals surface area (Å²) < 4.78 is 18.5. The quantitative estimate of drug-likeness (QED) is 0.706. The third-order valence-electron chi connectivity index (χ3n) is 4.04. The molecule has 3 aromatic rings. The fraction of sp³-hybridized carbons (Fsp3) is 0.222. The molecule has 0 radical (unpaired) electrons. The molecule has 1 unspecified atom stereocenters. The third-order valence-corrected chi connectivity index (χ3v) is 4.94. The van der Waals surface area contributed by atoms with Crippen molar-refractivity contribution in [3.8, 4) is 16.6 Å². The van der Waals surface area contributed by atoms with Gasteiger partial charge in [-0.25, -0.2) is 19.3 Å². The van der Waals surface area contributed by atoms with E-state index in [4.69, 9.17) is 4.74 Å². The van der Waals surface area contributed by atoms with Crippen LogP contribution >= 0.6 is 11.3 Å². The molecule has 0 bridgehead atoms. The molecule has 0 aliphatic carbocycles. The Kier molecular flexibility index (Phi) is 4.57. The zero-order valence-electron chi connectivity index (χ0n) is 13.7. The SMILES string of the molecule is O=C(c1csc(-c2ccccc2)n1)N1CCC(Oc2ncc(F)cn2)C1. The molecule has 3 heterocycles.